The van der Waals surface area contributed by atoms with Crippen molar-refractivity contribution in [2.45, 2.75) is 84.6 Å². The van der Waals surface area contributed by atoms with E-state index >= 15 is 0 Å². The number of benzene rings is 2. The molecular formula is C34H50N4O6. The highest BCUT2D eigenvalue weighted by atomic mass is 16.5. The largest absolute Gasteiger partial charge is 0.490 e. The number of nitrogens with zero attached hydrogens (tertiary/aromatic N) is 2. The number of carbonyl (C=O) groups excluding carboxylic acids is 3. The van der Waals surface area contributed by atoms with E-state index in [4.69, 9.17) is 9.47 Å². The van der Waals surface area contributed by atoms with Crippen molar-refractivity contribution in [1.82, 2.24) is 15.1 Å². The lowest BCUT2D eigenvalue weighted by Crippen LogP contribution is -2.49. The fourth-order valence-electron chi connectivity index (χ4n) is 5.16. The van der Waals surface area contributed by atoms with Gasteiger partial charge in [0.1, 0.15) is 5.75 Å². The van der Waals surface area contributed by atoms with Crippen LogP contribution in [0.15, 0.2) is 48.5 Å². The lowest BCUT2D eigenvalue weighted by molar-refractivity contribution is -0.115. The fourth-order valence-corrected chi connectivity index (χ4v) is 5.16. The molecule has 0 fully saturated rings. The van der Waals surface area contributed by atoms with E-state index in [1.807, 2.05) is 58.0 Å². The van der Waals surface area contributed by atoms with Gasteiger partial charge in [-0.2, -0.15) is 0 Å². The van der Waals surface area contributed by atoms with Gasteiger partial charge in [-0.1, -0.05) is 37.3 Å². The third-order valence-electron chi connectivity index (χ3n) is 7.76. The number of hydrogen-bond donors (Lipinski definition) is 3. The van der Waals surface area contributed by atoms with Crippen LogP contribution in [-0.4, -0.2) is 90.4 Å². The molecule has 4 amide bonds. The summed E-state index contributed by atoms with van der Waals surface area (Å²) in [6.07, 6.45) is 2.17. The maximum Gasteiger partial charge on any atom is 0.317 e. The predicted octanol–water partition coefficient (Wildman–Crippen LogP) is 4.71. The first-order chi connectivity index (χ1) is 21.0. The molecule has 10 heteroatoms. The second-order valence-electron chi connectivity index (χ2n) is 12.2. The van der Waals surface area contributed by atoms with E-state index in [2.05, 4.69) is 10.6 Å². The number of fused-ring (bicyclic) bond motifs is 1. The average molecular weight is 611 g/mol. The van der Waals surface area contributed by atoms with E-state index < -0.39 is 6.04 Å². The number of aliphatic hydroxyl groups is 1. The Labute approximate surface area is 262 Å². The first kappa shape index (κ1) is 34.9. The van der Waals surface area contributed by atoms with Gasteiger partial charge in [0, 0.05) is 44.4 Å². The van der Waals surface area contributed by atoms with E-state index in [0.717, 1.165) is 24.8 Å². The number of aliphatic hydroxyl groups excluding tert-OH is 1. The van der Waals surface area contributed by atoms with Crippen molar-refractivity contribution in [3.05, 3.63) is 59.7 Å². The Kier molecular flexibility index (Phi) is 13.5. The molecule has 2 aromatic rings. The van der Waals surface area contributed by atoms with E-state index in [-0.39, 0.29) is 61.6 Å². The van der Waals surface area contributed by atoms with Crippen LogP contribution in [0.25, 0.3) is 0 Å². The molecule has 3 rings (SSSR count). The molecule has 242 valence electrons. The van der Waals surface area contributed by atoms with Crippen LogP contribution in [0.5, 0.6) is 5.75 Å². The Morgan fingerprint density at radius 3 is 2.50 bits per heavy atom. The van der Waals surface area contributed by atoms with Crippen molar-refractivity contribution in [1.29, 1.82) is 0 Å². The minimum Gasteiger partial charge on any atom is -0.490 e. The lowest BCUT2D eigenvalue weighted by atomic mass is 10.0. The van der Waals surface area contributed by atoms with Crippen LogP contribution in [0.2, 0.25) is 0 Å². The van der Waals surface area contributed by atoms with Gasteiger partial charge in [-0.25, -0.2) is 4.79 Å². The van der Waals surface area contributed by atoms with Gasteiger partial charge in [0.25, 0.3) is 5.91 Å². The maximum absolute atomic E-state index is 14.3. The van der Waals surface area contributed by atoms with Crippen LogP contribution >= 0.6 is 0 Å². The van der Waals surface area contributed by atoms with Gasteiger partial charge in [0.05, 0.1) is 36.8 Å². The normalized spacial score (nSPS) is 20.6. The number of rotatable bonds is 8. The van der Waals surface area contributed by atoms with Gasteiger partial charge in [0.2, 0.25) is 5.91 Å². The number of ether oxygens (including phenoxy) is 2. The summed E-state index contributed by atoms with van der Waals surface area (Å²) in [5.74, 6) is -0.247. The van der Waals surface area contributed by atoms with Gasteiger partial charge in [-0.05, 0) is 70.7 Å². The van der Waals surface area contributed by atoms with Gasteiger partial charge in [-0.15, -0.1) is 0 Å². The zero-order chi connectivity index (χ0) is 32.2. The summed E-state index contributed by atoms with van der Waals surface area (Å²) in [7, 11) is 1.74. The highest BCUT2D eigenvalue weighted by molar-refractivity contribution is 6.00. The van der Waals surface area contributed by atoms with Crippen molar-refractivity contribution in [2.24, 2.45) is 5.92 Å². The summed E-state index contributed by atoms with van der Waals surface area (Å²) in [6, 6.07) is 13.9. The van der Waals surface area contributed by atoms with Gasteiger partial charge >= 0.3 is 6.03 Å². The second kappa shape index (κ2) is 17.0. The number of hydrogen-bond acceptors (Lipinski definition) is 6. The Bertz CT molecular complexity index is 1220. The molecule has 0 saturated heterocycles. The van der Waals surface area contributed by atoms with Gasteiger partial charge < -0.3 is 35.0 Å². The van der Waals surface area contributed by atoms with Crippen molar-refractivity contribution in [3.63, 3.8) is 0 Å². The summed E-state index contributed by atoms with van der Waals surface area (Å²) in [4.78, 5) is 43.0. The number of amides is 4. The highest BCUT2D eigenvalue weighted by Gasteiger charge is 2.31. The molecule has 3 N–H and O–H groups in total. The van der Waals surface area contributed by atoms with E-state index in [1.165, 1.54) is 0 Å². The lowest BCUT2D eigenvalue weighted by Gasteiger charge is -2.36. The fraction of sp³-hybridized carbons (Fsp3) is 0.559. The first-order valence-electron chi connectivity index (χ1n) is 15.7. The summed E-state index contributed by atoms with van der Waals surface area (Å²) >= 11 is 0. The summed E-state index contributed by atoms with van der Waals surface area (Å²) < 4.78 is 12.6. The Hall–Kier alpha value is -3.63. The molecule has 44 heavy (non-hydrogen) atoms. The monoisotopic (exact) mass is 610 g/mol. The maximum atomic E-state index is 14.3. The Morgan fingerprint density at radius 1 is 1.09 bits per heavy atom. The van der Waals surface area contributed by atoms with Crippen molar-refractivity contribution >= 4 is 23.5 Å². The molecule has 0 bridgehead atoms. The molecule has 2 aromatic carbocycles. The first-order valence-corrected chi connectivity index (χ1v) is 15.7. The third-order valence-corrected chi connectivity index (χ3v) is 7.76. The van der Waals surface area contributed by atoms with Crippen LogP contribution in [0.3, 0.4) is 0 Å². The summed E-state index contributed by atoms with van der Waals surface area (Å²) in [5, 5.41) is 16.0. The van der Waals surface area contributed by atoms with E-state index in [9.17, 15) is 19.5 Å². The molecule has 1 aliphatic heterocycles. The molecule has 4 atom stereocenters. The molecule has 0 radical (unpaired) electrons. The Balaban J connectivity index is 1.91. The molecule has 0 saturated carbocycles. The number of anilines is 1. The molecule has 0 unspecified atom stereocenters. The molecule has 1 heterocycles. The third kappa shape index (κ3) is 10.5. The SMILES string of the molecule is CC(C)NC(=O)N(C)C[C@H]1OCCCC[C@H](C)Oc2ccc(NC(=O)Cc3ccccc3)cc2C(=O)N([C@@H](C)CO)C[C@@H]1C. The van der Waals surface area contributed by atoms with Crippen LogP contribution < -0.4 is 15.4 Å². The van der Waals surface area contributed by atoms with Gasteiger partial charge in [0.15, 0.2) is 0 Å². The molecule has 10 nitrogen and oxygen atoms in total. The standard InChI is InChI=1S/C34H50N4O6/c1-23(2)35-34(42)37(6)21-31-24(3)20-38(25(4)22-39)33(41)29-19-28(36-32(40)18-27-13-8-7-9-14-27)15-16-30(29)44-26(5)12-10-11-17-43-31/h7-9,13-16,19,23-26,31,39H,10-12,17-18,20-22H2,1-6H3,(H,35,42)(H,36,40)/t24-,25-,26-,31+/m0/s1. The number of likely N-dealkylation sites (N-methyl/N-ethyl adjacent to an activating group) is 1. The molecular weight excluding hydrogens is 560 g/mol. The summed E-state index contributed by atoms with van der Waals surface area (Å²) in [6.45, 7) is 10.5. The predicted molar refractivity (Wildman–Crippen MR) is 172 cm³/mol. The zero-order valence-corrected chi connectivity index (χ0v) is 27.0. The van der Waals surface area contributed by atoms with Crippen LogP contribution in [-0.2, 0) is 16.0 Å². The van der Waals surface area contributed by atoms with E-state index in [0.29, 0.717) is 30.2 Å². The van der Waals surface area contributed by atoms with Crippen LogP contribution in [0.1, 0.15) is 69.8 Å². The zero-order valence-electron chi connectivity index (χ0n) is 27.0. The quantitative estimate of drug-likeness (QED) is 0.398. The number of urea groups is 1. The molecule has 0 spiro atoms. The number of carbonyl (C=O) groups is 3. The molecule has 0 aliphatic carbocycles. The topological polar surface area (TPSA) is 120 Å². The minimum absolute atomic E-state index is 0.00286. The van der Waals surface area contributed by atoms with Gasteiger partial charge in [-0.3, -0.25) is 9.59 Å². The van der Waals surface area contributed by atoms with Crippen molar-refractivity contribution in [2.75, 3.05) is 38.7 Å². The average Bonchev–Trinajstić information content (AvgIpc) is 2.98. The van der Waals surface area contributed by atoms with Crippen LogP contribution in [0.4, 0.5) is 10.5 Å². The number of nitrogens with one attached hydrogen (secondary N) is 2. The van der Waals surface area contributed by atoms with E-state index in [1.54, 1.807) is 42.0 Å². The van der Waals surface area contributed by atoms with Crippen molar-refractivity contribution in [3.8, 4) is 5.75 Å². The smallest absolute Gasteiger partial charge is 0.317 e. The van der Waals surface area contributed by atoms with Crippen LogP contribution in [0, 0.1) is 5.92 Å². The second-order valence-corrected chi connectivity index (χ2v) is 12.2. The minimum atomic E-state index is -0.498. The highest BCUT2D eigenvalue weighted by Crippen LogP contribution is 2.28. The Morgan fingerprint density at radius 2 is 1.82 bits per heavy atom. The molecule has 0 aromatic heterocycles. The molecule has 1 aliphatic rings. The van der Waals surface area contributed by atoms with Crippen molar-refractivity contribution < 1.29 is 29.0 Å². The summed E-state index contributed by atoms with van der Waals surface area (Å²) in [5.41, 5.74) is 1.68.